The highest BCUT2D eigenvalue weighted by Gasteiger charge is 2.28. The molecule has 0 aromatic heterocycles. The van der Waals surface area contributed by atoms with E-state index in [1.54, 1.807) is 0 Å². The number of rotatable bonds is 7. The van der Waals surface area contributed by atoms with Crippen LogP contribution in [0.1, 0.15) is 33.5 Å². The molecule has 0 aliphatic rings. The first-order chi connectivity index (χ1) is 13.4. The number of benzene rings is 3. The highest BCUT2D eigenvalue weighted by molar-refractivity contribution is 7.74. The maximum absolute atomic E-state index is 13.8. The summed E-state index contributed by atoms with van der Waals surface area (Å²) in [7, 11) is -3.26. The van der Waals surface area contributed by atoms with Gasteiger partial charge < -0.3 is 4.52 Å². The lowest BCUT2D eigenvalue weighted by Crippen LogP contribution is -2.19. The van der Waals surface area contributed by atoms with E-state index < -0.39 is 7.37 Å². The van der Waals surface area contributed by atoms with Crippen LogP contribution in [0, 0.1) is 20.8 Å². The number of carbonyl (C=O) groups is 1. The summed E-state index contributed by atoms with van der Waals surface area (Å²) in [5.41, 5.74) is 3.82. The molecule has 0 saturated carbocycles. The van der Waals surface area contributed by atoms with Gasteiger partial charge in [0.1, 0.15) is 0 Å². The summed E-state index contributed by atoms with van der Waals surface area (Å²) in [6.07, 6.45) is 0.189. The summed E-state index contributed by atoms with van der Waals surface area (Å²) in [6.45, 7) is 6.03. The summed E-state index contributed by atoms with van der Waals surface area (Å²) < 4.78 is 19.7. The molecule has 3 rings (SSSR count). The molecule has 0 aliphatic carbocycles. The van der Waals surface area contributed by atoms with Crippen LogP contribution in [0.15, 0.2) is 72.8 Å². The van der Waals surface area contributed by atoms with Crippen molar-refractivity contribution in [3.8, 4) is 0 Å². The van der Waals surface area contributed by atoms with E-state index in [4.69, 9.17) is 4.52 Å². The third-order valence-corrected chi connectivity index (χ3v) is 7.25. The third-order valence-electron chi connectivity index (χ3n) is 4.75. The quantitative estimate of drug-likeness (QED) is 0.414. The van der Waals surface area contributed by atoms with Crippen molar-refractivity contribution in [2.45, 2.75) is 27.2 Å². The molecule has 0 bridgehead atoms. The van der Waals surface area contributed by atoms with Crippen LogP contribution in [0.2, 0.25) is 0 Å². The molecule has 0 atom stereocenters. The standard InChI is InChI=1S/C24H25O3P/c1-18-16-19(2)24(20(3)17-18)23(25)14-15-27-28(26,21-10-6-4-7-11-21)22-12-8-5-9-13-22/h4-13,16-17H,14-15H2,1-3H3. The van der Waals surface area contributed by atoms with Crippen LogP contribution in [0.3, 0.4) is 0 Å². The number of carbonyl (C=O) groups excluding carboxylic acids is 1. The molecule has 4 heteroatoms. The van der Waals surface area contributed by atoms with Crippen molar-refractivity contribution in [3.05, 3.63) is 95.1 Å². The smallest absolute Gasteiger partial charge is 0.261 e. The first kappa shape index (κ1) is 20.3. The predicted octanol–water partition coefficient (Wildman–Crippen LogP) is 5.13. The molecular formula is C24H25O3P. The van der Waals surface area contributed by atoms with E-state index in [1.165, 1.54) is 0 Å². The lowest BCUT2D eigenvalue weighted by molar-refractivity contribution is 0.0963. The van der Waals surface area contributed by atoms with E-state index in [1.807, 2.05) is 93.6 Å². The zero-order valence-corrected chi connectivity index (χ0v) is 17.4. The molecule has 0 N–H and O–H groups in total. The molecule has 3 aromatic carbocycles. The van der Waals surface area contributed by atoms with Gasteiger partial charge in [0.05, 0.1) is 6.61 Å². The largest absolute Gasteiger partial charge is 0.322 e. The van der Waals surface area contributed by atoms with E-state index in [2.05, 4.69) is 0 Å². The lowest BCUT2D eigenvalue weighted by Gasteiger charge is -2.19. The van der Waals surface area contributed by atoms with E-state index in [-0.39, 0.29) is 18.8 Å². The Kier molecular flexibility index (Phi) is 6.28. The fraction of sp³-hybridized carbons (Fsp3) is 0.208. The normalized spacial score (nSPS) is 11.4. The minimum absolute atomic E-state index is 0.0164. The van der Waals surface area contributed by atoms with Gasteiger partial charge in [-0.15, -0.1) is 0 Å². The fourth-order valence-electron chi connectivity index (χ4n) is 3.56. The fourth-order valence-corrected chi connectivity index (χ4v) is 5.63. The summed E-state index contributed by atoms with van der Waals surface area (Å²) in [5.74, 6) is 0.0164. The second-order valence-electron chi connectivity index (χ2n) is 7.00. The van der Waals surface area contributed by atoms with Gasteiger partial charge in [0.2, 0.25) is 0 Å². The Bertz CT molecular complexity index is 944. The van der Waals surface area contributed by atoms with E-state index >= 15 is 0 Å². The van der Waals surface area contributed by atoms with Gasteiger partial charge in [0.25, 0.3) is 7.37 Å². The van der Waals surface area contributed by atoms with Gasteiger partial charge in [-0.2, -0.15) is 0 Å². The zero-order valence-electron chi connectivity index (χ0n) is 16.5. The van der Waals surface area contributed by atoms with Crippen LogP contribution in [0.25, 0.3) is 0 Å². The lowest BCUT2D eigenvalue weighted by atomic mass is 9.95. The molecule has 0 unspecified atom stereocenters. The molecular weight excluding hydrogens is 367 g/mol. The minimum Gasteiger partial charge on any atom is -0.322 e. The van der Waals surface area contributed by atoms with Crippen molar-refractivity contribution in [1.29, 1.82) is 0 Å². The summed E-state index contributed by atoms with van der Waals surface area (Å²) in [4.78, 5) is 12.8. The molecule has 0 fully saturated rings. The van der Waals surface area contributed by atoms with Gasteiger partial charge in [-0.05, 0) is 56.2 Å². The summed E-state index contributed by atoms with van der Waals surface area (Å²) >= 11 is 0. The molecule has 0 radical (unpaired) electrons. The Hall–Kier alpha value is -2.48. The Morgan fingerprint density at radius 2 is 1.29 bits per heavy atom. The molecule has 144 valence electrons. The van der Waals surface area contributed by atoms with Crippen molar-refractivity contribution < 1.29 is 13.9 Å². The van der Waals surface area contributed by atoms with Crippen molar-refractivity contribution in [2.24, 2.45) is 0 Å². The van der Waals surface area contributed by atoms with Crippen molar-refractivity contribution in [2.75, 3.05) is 6.61 Å². The molecule has 3 aromatic rings. The number of aryl methyl sites for hydroxylation is 3. The van der Waals surface area contributed by atoms with E-state index in [9.17, 15) is 9.36 Å². The first-order valence-corrected chi connectivity index (χ1v) is 11.0. The Labute approximate surface area is 166 Å². The number of Topliss-reactive ketones (excluding diaryl/α,β-unsaturated/α-hetero) is 1. The maximum atomic E-state index is 13.8. The number of ketones is 1. The van der Waals surface area contributed by atoms with Gasteiger partial charge in [-0.25, -0.2) is 0 Å². The van der Waals surface area contributed by atoms with Gasteiger partial charge in [-0.3, -0.25) is 9.36 Å². The second-order valence-corrected chi connectivity index (χ2v) is 9.40. The Balaban J connectivity index is 1.81. The monoisotopic (exact) mass is 392 g/mol. The second kappa shape index (κ2) is 8.68. The molecule has 0 heterocycles. The predicted molar refractivity (Wildman–Crippen MR) is 115 cm³/mol. The van der Waals surface area contributed by atoms with Gasteiger partial charge in [-0.1, -0.05) is 54.1 Å². The summed E-state index contributed by atoms with van der Waals surface area (Å²) in [5, 5.41) is 1.27. The average Bonchev–Trinajstić information content (AvgIpc) is 2.68. The first-order valence-electron chi connectivity index (χ1n) is 9.38. The van der Waals surface area contributed by atoms with Gasteiger partial charge >= 0.3 is 0 Å². The molecule has 28 heavy (non-hydrogen) atoms. The number of hydrogen-bond donors (Lipinski definition) is 0. The SMILES string of the molecule is Cc1cc(C)c(C(=O)CCOP(=O)(c2ccccc2)c2ccccc2)c(C)c1. The van der Waals surface area contributed by atoms with Crippen molar-refractivity contribution in [3.63, 3.8) is 0 Å². The Morgan fingerprint density at radius 3 is 1.75 bits per heavy atom. The zero-order chi connectivity index (χ0) is 20.1. The van der Waals surface area contributed by atoms with Crippen LogP contribution < -0.4 is 10.6 Å². The van der Waals surface area contributed by atoms with Crippen LogP contribution in [0.4, 0.5) is 0 Å². The molecule has 0 aliphatic heterocycles. The van der Waals surface area contributed by atoms with Crippen molar-refractivity contribution >= 4 is 23.8 Å². The summed E-state index contributed by atoms with van der Waals surface area (Å²) in [6, 6.07) is 22.4. The third kappa shape index (κ3) is 4.32. The Morgan fingerprint density at radius 1 is 0.821 bits per heavy atom. The molecule has 3 nitrogen and oxygen atoms in total. The van der Waals surface area contributed by atoms with Crippen molar-refractivity contribution in [1.82, 2.24) is 0 Å². The van der Waals surface area contributed by atoms with Crippen LogP contribution in [-0.4, -0.2) is 12.4 Å². The molecule has 0 saturated heterocycles. The molecule has 0 spiro atoms. The molecule has 0 amide bonds. The average molecular weight is 392 g/mol. The topological polar surface area (TPSA) is 43.4 Å². The van der Waals surface area contributed by atoms with Gasteiger partial charge in [0.15, 0.2) is 5.78 Å². The van der Waals surface area contributed by atoms with Gasteiger partial charge in [0, 0.05) is 22.6 Å². The highest BCUT2D eigenvalue weighted by atomic mass is 31.2. The number of hydrogen-bond acceptors (Lipinski definition) is 3. The van der Waals surface area contributed by atoms with E-state index in [0.29, 0.717) is 10.6 Å². The van der Waals surface area contributed by atoms with Crippen LogP contribution in [-0.2, 0) is 9.09 Å². The minimum atomic E-state index is -3.26. The maximum Gasteiger partial charge on any atom is 0.261 e. The van der Waals surface area contributed by atoms with Crippen LogP contribution >= 0.6 is 7.37 Å². The van der Waals surface area contributed by atoms with Crippen LogP contribution in [0.5, 0.6) is 0 Å². The highest BCUT2D eigenvalue weighted by Crippen LogP contribution is 2.44. The van der Waals surface area contributed by atoms with E-state index in [0.717, 1.165) is 22.3 Å².